The summed E-state index contributed by atoms with van der Waals surface area (Å²) in [7, 11) is 0. The number of aliphatic hydroxyl groups excluding tert-OH is 1. The van der Waals surface area contributed by atoms with Crippen molar-refractivity contribution in [2.45, 2.75) is 62.3 Å². The highest BCUT2D eigenvalue weighted by molar-refractivity contribution is 8.00. The third kappa shape index (κ3) is 6.84. The van der Waals surface area contributed by atoms with Gasteiger partial charge in [0.05, 0.1) is 24.8 Å². The van der Waals surface area contributed by atoms with Gasteiger partial charge in [0, 0.05) is 17.7 Å². The number of nitrogens with zero attached hydrogens (tertiary/aromatic N) is 3. The first-order chi connectivity index (χ1) is 22.8. The quantitative estimate of drug-likeness (QED) is 0.0408. The zero-order chi connectivity index (χ0) is 33.1. The van der Waals surface area contributed by atoms with Crippen molar-refractivity contribution < 1.29 is 33.3 Å². The van der Waals surface area contributed by atoms with Crippen LogP contribution >= 0.6 is 23.1 Å². The van der Waals surface area contributed by atoms with Crippen LogP contribution in [0.1, 0.15) is 61.9 Å². The Morgan fingerprint density at radius 1 is 1.06 bits per heavy atom. The summed E-state index contributed by atoms with van der Waals surface area (Å²) in [6.07, 6.45) is 2.50. The lowest BCUT2D eigenvalue weighted by molar-refractivity contribution is -0.132. The molecule has 1 amide bonds. The zero-order valence-electron chi connectivity index (χ0n) is 26.2. The van der Waals surface area contributed by atoms with Gasteiger partial charge in [0.1, 0.15) is 23.4 Å². The van der Waals surface area contributed by atoms with Gasteiger partial charge in [-0.15, -0.1) is 10.2 Å². The van der Waals surface area contributed by atoms with Crippen LogP contribution in [-0.2, 0) is 21.8 Å². The van der Waals surface area contributed by atoms with Gasteiger partial charge in [0.15, 0.2) is 15.8 Å². The lowest BCUT2D eigenvalue weighted by Gasteiger charge is -2.23. The third-order valence-corrected chi connectivity index (χ3v) is 9.96. The van der Waals surface area contributed by atoms with Gasteiger partial charge in [-0.2, -0.15) is 0 Å². The number of unbranched alkanes of at least 4 members (excludes halogenated alkanes) is 1. The molecule has 2 aliphatic rings. The number of hydrogen-bond donors (Lipinski definition) is 1. The highest BCUT2D eigenvalue weighted by Gasteiger charge is 2.48. The van der Waals surface area contributed by atoms with E-state index in [4.69, 9.17) is 14.2 Å². The summed E-state index contributed by atoms with van der Waals surface area (Å²) < 4.78 is 31.7. The predicted molar refractivity (Wildman–Crippen MR) is 179 cm³/mol. The van der Waals surface area contributed by atoms with E-state index in [0.29, 0.717) is 52.4 Å². The van der Waals surface area contributed by atoms with E-state index in [2.05, 4.69) is 17.1 Å². The zero-order valence-corrected chi connectivity index (χ0v) is 27.8. The Bertz CT molecular complexity index is 1830. The number of aromatic nitrogens is 2. The summed E-state index contributed by atoms with van der Waals surface area (Å²) in [6.45, 7) is 6.78. The summed E-state index contributed by atoms with van der Waals surface area (Å²) >= 11 is 2.54. The van der Waals surface area contributed by atoms with Crippen LogP contribution in [0.2, 0.25) is 0 Å². The first-order valence-electron chi connectivity index (χ1n) is 15.5. The van der Waals surface area contributed by atoms with E-state index in [1.807, 2.05) is 13.8 Å². The van der Waals surface area contributed by atoms with Crippen molar-refractivity contribution in [3.63, 3.8) is 0 Å². The van der Waals surface area contributed by atoms with Crippen molar-refractivity contribution in [1.82, 2.24) is 10.2 Å². The average Bonchev–Trinajstić information content (AvgIpc) is 3.76. The van der Waals surface area contributed by atoms with Gasteiger partial charge in [0.2, 0.25) is 5.13 Å². The van der Waals surface area contributed by atoms with Gasteiger partial charge < -0.3 is 19.3 Å². The van der Waals surface area contributed by atoms with E-state index in [1.165, 1.54) is 28.8 Å². The van der Waals surface area contributed by atoms with Crippen LogP contribution < -0.4 is 19.1 Å². The summed E-state index contributed by atoms with van der Waals surface area (Å²) in [6, 6.07) is 15.7. The lowest BCUT2D eigenvalue weighted by Crippen LogP contribution is -2.29. The number of fused-ring (bicyclic) bond motifs is 1. The number of benzene rings is 3. The number of anilines is 1. The van der Waals surface area contributed by atoms with E-state index in [-0.39, 0.29) is 28.4 Å². The fourth-order valence-corrected chi connectivity index (χ4v) is 7.39. The van der Waals surface area contributed by atoms with Crippen molar-refractivity contribution in [1.29, 1.82) is 0 Å². The summed E-state index contributed by atoms with van der Waals surface area (Å²) in [5, 5.41) is 20.5. The van der Waals surface area contributed by atoms with Gasteiger partial charge in [-0.05, 0) is 79.4 Å². The van der Waals surface area contributed by atoms with Gasteiger partial charge in [-0.3, -0.25) is 14.5 Å². The molecule has 0 bridgehead atoms. The van der Waals surface area contributed by atoms with Crippen LogP contribution in [-0.4, -0.2) is 46.3 Å². The molecule has 9 nitrogen and oxygen atoms in total. The number of aliphatic hydroxyl groups is 1. The average molecular weight is 676 g/mol. The van der Waals surface area contributed by atoms with Crippen molar-refractivity contribution in [3.8, 4) is 17.2 Å². The molecule has 47 heavy (non-hydrogen) atoms. The summed E-state index contributed by atoms with van der Waals surface area (Å²) in [5.41, 5.74) is 2.67. The molecule has 1 saturated heterocycles. The lowest BCUT2D eigenvalue weighted by atomic mass is 9.94. The van der Waals surface area contributed by atoms with E-state index in [9.17, 15) is 19.1 Å². The van der Waals surface area contributed by atoms with Crippen LogP contribution in [0.25, 0.3) is 5.76 Å². The first-order valence-corrected chi connectivity index (χ1v) is 17.3. The Hall–Kier alpha value is -4.42. The van der Waals surface area contributed by atoms with Gasteiger partial charge >= 0.3 is 5.91 Å². The first kappa shape index (κ1) is 32.5. The van der Waals surface area contributed by atoms with Crippen molar-refractivity contribution in [3.05, 3.63) is 94.3 Å². The van der Waals surface area contributed by atoms with Crippen LogP contribution in [0.3, 0.4) is 0 Å². The molecule has 12 heteroatoms. The number of rotatable bonds is 12. The fourth-order valence-electron chi connectivity index (χ4n) is 5.56. The molecular weight excluding hydrogens is 642 g/mol. The topological polar surface area (TPSA) is 111 Å². The highest BCUT2D eigenvalue weighted by atomic mass is 32.2. The molecule has 0 radical (unpaired) electrons. The molecule has 2 atom stereocenters. The molecular formula is C35H34FN3O6S2. The standard InChI is InChI=1S/C35H34FN3O6S2/c1-4-6-15-44-27-14-9-22(18-28(27)43-5-2)30-29(31(40)23-10-13-26-24(17-23)16-20(3)45-26)32(41)33(42)39(30)34-37-38-35(47-34)46-19-21-7-11-25(36)12-8-21/h7-14,17-18,20,30,40H,4-6,15-16,19H2,1-3H3/b31-29+/t20-,30-/m1/s1. The number of carbonyl (C=O) groups excluding carboxylic acids is 2. The largest absolute Gasteiger partial charge is 0.507 e. The Kier molecular flexibility index (Phi) is 9.79. The predicted octanol–water partition coefficient (Wildman–Crippen LogP) is 7.50. The van der Waals surface area contributed by atoms with E-state index >= 15 is 0 Å². The minimum absolute atomic E-state index is 0.00412. The molecule has 2 aliphatic heterocycles. The molecule has 244 valence electrons. The number of hydrogen-bond acceptors (Lipinski definition) is 10. The number of thioether (sulfide) groups is 1. The second-order valence-corrected chi connectivity index (χ2v) is 13.4. The fraction of sp³-hybridized carbons (Fsp3) is 0.314. The normalized spacial score (nSPS) is 18.3. The smallest absolute Gasteiger partial charge is 0.301 e. The number of ether oxygens (including phenoxy) is 3. The molecule has 1 N–H and O–H groups in total. The van der Waals surface area contributed by atoms with Gasteiger partial charge in [-0.25, -0.2) is 4.39 Å². The maximum Gasteiger partial charge on any atom is 0.301 e. The monoisotopic (exact) mass is 675 g/mol. The Morgan fingerprint density at radius 2 is 1.87 bits per heavy atom. The van der Waals surface area contributed by atoms with Crippen LogP contribution in [0, 0.1) is 5.82 Å². The van der Waals surface area contributed by atoms with Crippen molar-refractivity contribution in [2.75, 3.05) is 18.1 Å². The number of amides is 1. The Balaban J connectivity index is 1.41. The highest BCUT2D eigenvalue weighted by Crippen LogP contribution is 2.46. The number of halogens is 1. The van der Waals surface area contributed by atoms with Gasteiger partial charge in [-0.1, -0.05) is 54.6 Å². The number of Topliss-reactive ketones (excluding diaryl/α,β-unsaturated/α-hetero) is 1. The second kappa shape index (κ2) is 14.1. The van der Waals surface area contributed by atoms with Gasteiger partial charge in [0.25, 0.3) is 5.78 Å². The minimum atomic E-state index is -1.02. The molecule has 0 spiro atoms. The van der Waals surface area contributed by atoms with Crippen LogP contribution in [0.15, 0.2) is 70.6 Å². The molecule has 6 rings (SSSR count). The van der Waals surface area contributed by atoms with Crippen molar-refractivity contribution in [2.24, 2.45) is 0 Å². The summed E-state index contributed by atoms with van der Waals surface area (Å²) in [4.78, 5) is 28.9. The molecule has 0 saturated carbocycles. The third-order valence-electron chi connectivity index (χ3n) is 7.83. The maximum absolute atomic E-state index is 13.8. The summed E-state index contributed by atoms with van der Waals surface area (Å²) in [5.74, 6) is -0.0396. The molecule has 3 heterocycles. The Morgan fingerprint density at radius 3 is 2.64 bits per heavy atom. The van der Waals surface area contributed by atoms with Crippen LogP contribution in [0.4, 0.5) is 9.52 Å². The second-order valence-electron chi connectivity index (χ2n) is 11.2. The Labute approximate surface area is 280 Å². The molecule has 0 unspecified atom stereocenters. The molecule has 1 fully saturated rings. The maximum atomic E-state index is 13.8. The van der Waals surface area contributed by atoms with E-state index in [1.54, 1.807) is 48.5 Å². The van der Waals surface area contributed by atoms with E-state index < -0.39 is 17.7 Å². The molecule has 3 aromatic carbocycles. The molecule has 1 aromatic heterocycles. The van der Waals surface area contributed by atoms with Crippen LogP contribution in [0.5, 0.6) is 17.2 Å². The minimum Gasteiger partial charge on any atom is -0.507 e. The SMILES string of the molecule is CCCCOc1ccc([C@@H]2/C(=C(\O)c3ccc4c(c3)C[C@@H](C)O4)C(=O)C(=O)N2c2nnc(SCc3ccc(F)cc3)s2)cc1OCC. The molecule has 0 aliphatic carbocycles. The molecule has 4 aromatic rings. The van der Waals surface area contributed by atoms with E-state index in [0.717, 1.165) is 41.1 Å². The van der Waals surface area contributed by atoms with Crippen molar-refractivity contribution >= 4 is 45.7 Å². The number of ketones is 1. The number of carbonyl (C=O) groups is 2.